The average Bonchev–Trinajstić information content (AvgIpc) is 2.88. The van der Waals surface area contributed by atoms with E-state index < -0.39 is 11.9 Å². The highest BCUT2D eigenvalue weighted by Crippen LogP contribution is 2.42. The number of carbonyl (C=O) groups excluding carboxylic acids is 2. The molecule has 0 aliphatic carbocycles. The van der Waals surface area contributed by atoms with Crippen LogP contribution in [0, 0.1) is 11.3 Å². The minimum Gasteiger partial charge on any atom is -0.438 e. The van der Waals surface area contributed by atoms with Gasteiger partial charge in [-0.15, -0.1) is 0 Å². The van der Waals surface area contributed by atoms with E-state index >= 15 is 0 Å². The number of para-hydroxylation sites is 1. The molecule has 0 radical (unpaired) electrons. The average molecular weight is 555 g/mol. The van der Waals surface area contributed by atoms with Crippen LogP contribution in [-0.2, 0) is 4.79 Å². The van der Waals surface area contributed by atoms with Crippen molar-refractivity contribution in [3.63, 3.8) is 0 Å². The number of amides is 2. The molecule has 1 N–H and O–H groups in total. The van der Waals surface area contributed by atoms with Crippen molar-refractivity contribution >= 4 is 35.0 Å². The van der Waals surface area contributed by atoms with E-state index in [-0.39, 0.29) is 33.7 Å². The van der Waals surface area contributed by atoms with Crippen LogP contribution in [0.2, 0.25) is 10.0 Å². The van der Waals surface area contributed by atoms with Gasteiger partial charge in [-0.05, 0) is 59.6 Å². The fraction of sp³-hybridized carbons (Fsp3) is 0.367. The lowest BCUT2D eigenvalue weighted by Gasteiger charge is -2.45. The minimum absolute atomic E-state index is 0.0842. The number of ether oxygens (including phenoxy) is 1. The number of halogens is 2. The molecule has 0 bridgehead atoms. The number of rotatable bonds is 7. The maximum atomic E-state index is 13.6. The SMILES string of the molecule is CC(C)C(NC(=O)c1cnc(Oc2ccccc2)c(Cl)c1)C(=O)N1CCC(c2ccc(Cl)cc2)C(C)(C)C1. The Morgan fingerprint density at radius 1 is 1.08 bits per heavy atom. The summed E-state index contributed by atoms with van der Waals surface area (Å²) in [5, 5.41) is 3.84. The van der Waals surface area contributed by atoms with Gasteiger partial charge in [0.2, 0.25) is 11.8 Å². The summed E-state index contributed by atoms with van der Waals surface area (Å²) in [5.41, 5.74) is 1.35. The van der Waals surface area contributed by atoms with Crippen LogP contribution in [0.25, 0.3) is 0 Å². The molecule has 1 aromatic heterocycles. The molecule has 1 fully saturated rings. The molecule has 2 aromatic carbocycles. The molecule has 0 saturated carbocycles. The van der Waals surface area contributed by atoms with Crippen molar-refractivity contribution in [1.82, 2.24) is 15.2 Å². The Labute approximate surface area is 234 Å². The van der Waals surface area contributed by atoms with Crippen LogP contribution < -0.4 is 10.1 Å². The molecule has 4 rings (SSSR count). The smallest absolute Gasteiger partial charge is 0.253 e. The summed E-state index contributed by atoms with van der Waals surface area (Å²) in [6.45, 7) is 9.43. The number of hydrogen-bond donors (Lipinski definition) is 1. The van der Waals surface area contributed by atoms with Crippen molar-refractivity contribution in [2.24, 2.45) is 11.3 Å². The van der Waals surface area contributed by atoms with Crippen LogP contribution >= 0.6 is 23.2 Å². The largest absolute Gasteiger partial charge is 0.438 e. The molecule has 6 nitrogen and oxygen atoms in total. The van der Waals surface area contributed by atoms with E-state index in [0.717, 1.165) is 6.42 Å². The van der Waals surface area contributed by atoms with Crippen molar-refractivity contribution in [2.75, 3.05) is 13.1 Å². The lowest BCUT2D eigenvalue weighted by Crippen LogP contribution is -2.55. The zero-order chi connectivity index (χ0) is 27.4. The van der Waals surface area contributed by atoms with Gasteiger partial charge in [0.25, 0.3) is 5.91 Å². The first-order valence-electron chi connectivity index (χ1n) is 12.8. The molecule has 200 valence electrons. The summed E-state index contributed by atoms with van der Waals surface area (Å²) in [5.74, 6) is 0.504. The molecule has 2 heterocycles. The van der Waals surface area contributed by atoms with Gasteiger partial charge >= 0.3 is 0 Å². The zero-order valence-electron chi connectivity index (χ0n) is 22.1. The van der Waals surface area contributed by atoms with E-state index in [2.05, 4.69) is 36.3 Å². The predicted molar refractivity (Wildman–Crippen MR) is 151 cm³/mol. The fourth-order valence-corrected chi connectivity index (χ4v) is 5.35. The number of piperidine rings is 1. The Morgan fingerprint density at radius 2 is 1.76 bits per heavy atom. The Kier molecular flexibility index (Phi) is 8.64. The third-order valence-corrected chi connectivity index (χ3v) is 7.58. The number of nitrogens with one attached hydrogen (secondary N) is 1. The van der Waals surface area contributed by atoms with Gasteiger partial charge in [-0.1, -0.05) is 81.2 Å². The standard InChI is InChI=1S/C30H33Cl2N3O3/c1-19(2)26(29(37)35-15-14-24(30(3,4)18-35)20-10-12-22(31)13-11-20)34-27(36)21-16-25(32)28(33-17-21)38-23-8-6-5-7-9-23/h5-13,16-17,19,24,26H,14-15,18H2,1-4H3,(H,34,36). The van der Waals surface area contributed by atoms with Crippen LogP contribution in [0.4, 0.5) is 0 Å². The van der Waals surface area contributed by atoms with E-state index in [1.807, 2.05) is 49.1 Å². The minimum atomic E-state index is -0.676. The molecule has 1 aliphatic heterocycles. The normalized spacial score (nSPS) is 17.7. The number of nitrogens with zero attached hydrogens (tertiary/aromatic N) is 2. The highest BCUT2D eigenvalue weighted by Gasteiger charge is 2.40. The first kappa shape index (κ1) is 27.9. The number of aromatic nitrogens is 1. The van der Waals surface area contributed by atoms with Gasteiger partial charge in [0.15, 0.2) is 0 Å². The predicted octanol–water partition coefficient (Wildman–Crippen LogP) is 6.98. The number of carbonyl (C=O) groups is 2. The Bertz CT molecular complexity index is 1280. The van der Waals surface area contributed by atoms with Crippen LogP contribution in [0.1, 0.15) is 56.0 Å². The summed E-state index contributed by atoms with van der Waals surface area (Å²) < 4.78 is 5.70. The van der Waals surface area contributed by atoms with E-state index in [4.69, 9.17) is 27.9 Å². The Morgan fingerprint density at radius 3 is 2.37 bits per heavy atom. The Balaban J connectivity index is 1.43. The summed E-state index contributed by atoms with van der Waals surface area (Å²) >= 11 is 12.4. The molecule has 3 aromatic rings. The summed E-state index contributed by atoms with van der Waals surface area (Å²) in [6, 6.07) is 17.9. The van der Waals surface area contributed by atoms with Crippen molar-refractivity contribution in [2.45, 2.75) is 46.1 Å². The third-order valence-electron chi connectivity index (χ3n) is 7.06. The number of likely N-dealkylation sites (tertiary alicyclic amines) is 1. The molecular formula is C30H33Cl2N3O3. The second-order valence-electron chi connectivity index (χ2n) is 10.8. The molecule has 38 heavy (non-hydrogen) atoms. The van der Waals surface area contributed by atoms with Crippen molar-refractivity contribution in [3.8, 4) is 11.6 Å². The van der Waals surface area contributed by atoms with Gasteiger partial charge in [0.05, 0.1) is 5.56 Å². The van der Waals surface area contributed by atoms with Gasteiger partial charge in [-0.25, -0.2) is 4.98 Å². The highest BCUT2D eigenvalue weighted by molar-refractivity contribution is 6.32. The summed E-state index contributed by atoms with van der Waals surface area (Å²) in [4.78, 5) is 32.9. The fourth-order valence-electron chi connectivity index (χ4n) is 5.02. The van der Waals surface area contributed by atoms with Crippen molar-refractivity contribution < 1.29 is 14.3 Å². The molecule has 8 heteroatoms. The van der Waals surface area contributed by atoms with Gasteiger partial charge in [-0.3, -0.25) is 9.59 Å². The van der Waals surface area contributed by atoms with Crippen LogP contribution in [-0.4, -0.2) is 40.8 Å². The molecular weight excluding hydrogens is 521 g/mol. The second-order valence-corrected chi connectivity index (χ2v) is 11.6. The van der Waals surface area contributed by atoms with Crippen LogP contribution in [0.15, 0.2) is 66.9 Å². The van der Waals surface area contributed by atoms with E-state index in [1.54, 1.807) is 12.1 Å². The van der Waals surface area contributed by atoms with Gasteiger partial charge in [0.1, 0.15) is 16.8 Å². The van der Waals surface area contributed by atoms with Crippen LogP contribution in [0.3, 0.4) is 0 Å². The Hall–Kier alpha value is -3.09. The molecule has 1 aliphatic rings. The van der Waals surface area contributed by atoms with E-state index in [9.17, 15) is 9.59 Å². The first-order chi connectivity index (χ1) is 18.0. The third kappa shape index (κ3) is 6.48. The molecule has 2 atom stereocenters. The molecule has 0 spiro atoms. The number of pyridine rings is 1. The molecule has 1 saturated heterocycles. The monoisotopic (exact) mass is 553 g/mol. The summed E-state index contributed by atoms with van der Waals surface area (Å²) in [6.07, 6.45) is 2.24. The van der Waals surface area contributed by atoms with Gasteiger partial charge in [-0.2, -0.15) is 0 Å². The zero-order valence-corrected chi connectivity index (χ0v) is 23.6. The summed E-state index contributed by atoms with van der Waals surface area (Å²) in [7, 11) is 0. The lowest BCUT2D eigenvalue weighted by molar-refractivity contribution is -0.137. The quantitative estimate of drug-likeness (QED) is 0.342. The number of benzene rings is 2. The number of hydrogen-bond acceptors (Lipinski definition) is 4. The molecule has 2 unspecified atom stereocenters. The highest BCUT2D eigenvalue weighted by atomic mass is 35.5. The van der Waals surface area contributed by atoms with Gasteiger partial charge in [0, 0.05) is 24.3 Å². The van der Waals surface area contributed by atoms with E-state index in [1.165, 1.54) is 17.8 Å². The first-order valence-corrected chi connectivity index (χ1v) is 13.5. The maximum absolute atomic E-state index is 13.6. The maximum Gasteiger partial charge on any atom is 0.253 e. The lowest BCUT2D eigenvalue weighted by atomic mass is 9.70. The van der Waals surface area contributed by atoms with E-state index in [0.29, 0.717) is 29.8 Å². The molecule has 2 amide bonds. The topological polar surface area (TPSA) is 71.5 Å². The second kappa shape index (κ2) is 11.7. The van der Waals surface area contributed by atoms with Crippen LogP contribution in [0.5, 0.6) is 11.6 Å². The van der Waals surface area contributed by atoms with Gasteiger partial charge < -0.3 is 15.0 Å². The van der Waals surface area contributed by atoms with Crippen molar-refractivity contribution in [1.29, 1.82) is 0 Å². The van der Waals surface area contributed by atoms with Crippen molar-refractivity contribution in [3.05, 3.63) is 88.0 Å².